The number of rotatable bonds is 5. The second-order valence-corrected chi connectivity index (χ2v) is 4.80. The molecule has 21 heavy (non-hydrogen) atoms. The summed E-state index contributed by atoms with van der Waals surface area (Å²) < 4.78 is 0. The van der Waals surface area contributed by atoms with Gasteiger partial charge >= 0.3 is 12.0 Å². The zero-order valence-electron chi connectivity index (χ0n) is 12.4. The number of nitrogens with one attached hydrogen (secondary N) is 1. The van der Waals surface area contributed by atoms with Gasteiger partial charge in [-0.15, -0.1) is 0 Å². The summed E-state index contributed by atoms with van der Waals surface area (Å²) in [5, 5.41) is 20.6. The van der Waals surface area contributed by atoms with E-state index in [9.17, 15) is 14.7 Å². The summed E-state index contributed by atoms with van der Waals surface area (Å²) in [6.45, 7) is 6.00. The molecule has 1 atom stereocenters. The van der Waals surface area contributed by atoms with Gasteiger partial charge in [0.05, 0.1) is 23.2 Å². The van der Waals surface area contributed by atoms with Gasteiger partial charge < -0.3 is 15.3 Å². The maximum absolute atomic E-state index is 12.2. The van der Waals surface area contributed by atoms with Crippen molar-refractivity contribution in [1.29, 1.82) is 5.26 Å². The summed E-state index contributed by atoms with van der Waals surface area (Å²) in [5.41, 5.74) is 1.01. The number of urea groups is 1. The average molecular weight is 289 g/mol. The molecule has 1 rings (SSSR count). The largest absolute Gasteiger partial charge is 0.478 e. The van der Waals surface area contributed by atoms with E-state index in [-0.39, 0.29) is 17.2 Å². The van der Waals surface area contributed by atoms with Crippen LogP contribution in [0.25, 0.3) is 0 Å². The number of carbonyl (C=O) groups excluding carboxylic acids is 1. The lowest BCUT2D eigenvalue weighted by Crippen LogP contribution is -2.38. The predicted molar refractivity (Wildman–Crippen MR) is 79.2 cm³/mol. The summed E-state index contributed by atoms with van der Waals surface area (Å²) in [4.78, 5) is 24.9. The van der Waals surface area contributed by atoms with E-state index in [0.717, 1.165) is 0 Å². The fourth-order valence-corrected chi connectivity index (χ4v) is 1.92. The van der Waals surface area contributed by atoms with Crippen LogP contribution in [0.2, 0.25) is 0 Å². The van der Waals surface area contributed by atoms with Crippen LogP contribution in [-0.4, -0.2) is 35.1 Å². The number of hydrogen-bond acceptors (Lipinski definition) is 3. The molecular weight excluding hydrogens is 270 g/mol. The van der Waals surface area contributed by atoms with Crippen LogP contribution in [-0.2, 0) is 0 Å². The molecule has 6 nitrogen and oxygen atoms in total. The SMILES string of the molecule is CCN(CC(C)C#N)C(=O)Nc1c(C)cccc1C(=O)O. The Kier molecular flexibility index (Phi) is 5.73. The maximum atomic E-state index is 12.2. The van der Waals surface area contributed by atoms with Crippen LogP contribution in [0.15, 0.2) is 18.2 Å². The fraction of sp³-hybridized carbons (Fsp3) is 0.400. The molecular formula is C15H19N3O3. The third-order valence-electron chi connectivity index (χ3n) is 3.12. The number of carboxylic acid groups (broad SMARTS) is 1. The molecule has 0 spiro atoms. The second-order valence-electron chi connectivity index (χ2n) is 4.80. The van der Waals surface area contributed by atoms with Crippen molar-refractivity contribution in [2.75, 3.05) is 18.4 Å². The molecule has 0 aliphatic carbocycles. The lowest BCUT2D eigenvalue weighted by atomic mass is 10.1. The normalized spacial score (nSPS) is 11.3. The lowest BCUT2D eigenvalue weighted by molar-refractivity contribution is 0.0698. The molecule has 0 heterocycles. The average Bonchev–Trinajstić information content (AvgIpc) is 2.45. The minimum absolute atomic E-state index is 0.0488. The van der Waals surface area contributed by atoms with Crippen molar-refractivity contribution in [2.24, 2.45) is 5.92 Å². The van der Waals surface area contributed by atoms with E-state index in [1.54, 1.807) is 32.9 Å². The number of hydrogen-bond donors (Lipinski definition) is 2. The van der Waals surface area contributed by atoms with Gasteiger partial charge in [-0.2, -0.15) is 5.26 Å². The Morgan fingerprint density at radius 2 is 2.14 bits per heavy atom. The van der Waals surface area contributed by atoms with Gasteiger partial charge in [-0.25, -0.2) is 9.59 Å². The van der Waals surface area contributed by atoms with Crippen molar-refractivity contribution in [3.8, 4) is 6.07 Å². The third kappa shape index (κ3) is 4.21. The number of aryl methyl sites for hydroxylation is 1. The number of carboxylic acids is 1. The van der Waals surface area contributed by atoms with Crippen molar-refractivity contribution in [1.82, 2.24) is 4.90 Å². The van der Waals surface area contributed by atoms with E-state index in [0.29, 0.717) is 18.7 Å². The smallest absolute Gasteiger partial charge is 0.337 e. The molecule has 2 amide bonds. The van der Waals surface area contributed by atoms with Crippen LogP contribution in [0.5, 0.6) is 0 Å². The Hall–Kier alpha value is -2.55. The summed E-state index contributed by atoms with van der Waals surface area (Å²) in [5.74, 6) is -1.38. The van der Waals surface area contributed by atoms with Gasteiger partial charge in [0.2, 0.25) is 0 Å². The van der Waals surface area contributed by atoms with Crippen molar-refractivity contribution in [2.45, 2.75) is 20.8 Å². The second kappa shape index (κ2) is 7.29. The molecule has 0 aliphatic heterocycles. The number of para-hydroxylation sites is 1. The molecule has 0 aromatic heterocycles. The molecule has 1 unspecified atom stereocenters. The number of nitrogens with zero attached hydrogens (tertiary/aromatic N) is 2. The first-order valence-electron chi connectivity index (χ1n) is 6.69. The predicted octanol–water partition coefficient (Wildman–Crippen LogP) is 2.71. The topological polar surface area (TPSA) is 93.4 Å². The first-order chi connectivity index (χ1) is 9.90. The van der Waals surface area contributed by atoms with Gasteiger partial charge in [0.15, 0.2) is 0 Å². The molecule has 0 aliphatic rings. The zero-order valence-corrected chi connectivity index (χ0v) is 12.4. The lowest BCUT2D eigenvalue weighted by Gasteiger charge is -2.23. The molecule has 0 bridgehead atoms. The number of anilines is 1. The molecule has 2 N–H and O–H groups in total. The van der Waals surface area contributed by atoms with Crippen molar-refractivity contribution < 1.29 is 14.7 Å². The van der Waals surface area contributed by atoms with E-state index in [1.807, 2.05) is 0 Å². The Morgan fingerprint density at radius 1 is 1.48 bits per heavy atom. The van der Waals surface area contributed by atoms with Crippen LogP contribution < -0.4 is 5.32 Å². The van der Waals surface area contributed by atoms with Gasteiger partial charge in [-0.3, -0.25) is 0 Å². The van der Waals surface area contributed by atoms with Crippen molar-refractivity contribution in [3.63, 3.8) is 0 Å². The van der Waals surface area contributed by atoms with E-state index in [1.165, 1.54) is 11.0 Å². The van der Waals surface area contributed by atoms with Gasteiger partial charge in [-0.05, 0) is 32.4 Å². The highest BCUT2D eigenvalue weighted by Crippen LogP contribution is 2.21. The standard InChI is InChI=1S/C15H19N3O3/c1-4-18(9-10(2)8-16)15(21)17-13-11(3)6-5-7-12(13)14(19)20/h5-7,10H,4,9H2,1-3H3,(H,17,21)(H,19,20). The van der Waals surface area contributed by atoms with Gasteiger partial charge in [0.25, 0.3) is 0 Å². The molecule has 0 radical (unpaired) electrons. The van der Waals surface area contributed by atoms with Crippen LogP contribution in [0, 0.1) is 24.2 Å². The molecule has 0 saturated carbocycles. The first kappa shape index (κ1) is 16.5. The van der Waals surface area contributed by atoms with Gasteiger partial charge in [0, 0.05) is 13.1 Å². The fourth-order valence-electron chi connectivity index (χ4n) is 1.92. The van der Waals surface area contributed by atoms with Crippen LogP contribution in [0.1, 0.15) is 29.8 Å². The third-order valence-corrected chi connectivity index (χ3v) is 3.12. The highest BCUT2D eigenvalue weighted by atomic mass is 16.4. The highest BCUT2D eigenvalue weighted by molar-refractivity contribution is 6.01. The van der Waals surface area contributed by atoms with E-state index < -0.39 is 12.0 Å². The summed E-state index contributed by atoms with van der Waals surface area (Å²) in [7, 11) is 0. The number of amides is 2. The summed E-state index contributed by atoms with van der Waals surface area (Å²) in [6, 6.07) is 6.47. The van der Waals surface area contributed by atoms with Crippen molar-refractivity contribution >= 4 is 17.7 Å². The summed E-state index contributed by atoms with van der Waals surface area (Å²) >= 11 is 0. The minimum Gasteiger partial charge on any atom is -0.478 e. The Morgan fingerprint density at radius 3 is 2.67 bits per heavy atom. The monoisotopic (exact) mass is 289 g/mol. The Balaban J connectivity index is 2.97. The molecule has 0 fully saturated rings. The Bertz CT molecular complexity index is 578. The first-order valence-corrected chi connectivity index (χ1v) is 6.69. The van der Waals surface area contributed by atoms with Crippen LogP contribution in [0.4, 0.5) is 10.5 Å². The quantitative estimate of drug-likeness (QED) is 0.871. The summed E-state index contributed by atoms with van der Waals surface area (Å²) in [6.07, 6.45) is 0. The molecule has 6 heteroatoms. The van der Waals surface area contributed by atoms with Crippen LogP contribution >= 0.6 is 0 Å². The van der Waals surface area contributed by atoms with E-state index in [4.69, 9.17) is 5.26 Å². The number of carbonyl (C=O) groups is 2. The number of benzene rings is 1. The minimum atomic E-state index is -1.09. The van der Waals surface area contributed by atoms with Gasteiger partial charge in [-0.1, -0.05) is 12.1 Å². The molecule has 1 aromatic carbocycles. The number of aromatic carboxylic acids is 1. The number of nitriles is 1. The van der Waals surface area contributed by atoms with Crippen molar-refractivity contribution in [3.05, 3.63) is 29.3 Å². The van der Waals surface area contributed by atoms with Gasteiger partial charge in [0.1, 0.15) is 0 Å². The highest BCUT2D eigenvalue weighted by Gasteiger charge is 2.19. The zero-order chi connectivity index (χ0) is 16.0. The maximum Gasteiger partial charge on any atom is 0.337 e. The Labute approximate surface area is 124 Å². The molecule has 112 valence electrons. The molecule has 0 saturated heterocycles. The van der Waals surface area contributed by atoms with E-state index in [2.05, 4.69) is 11.4 Å². The van der Waals surface area contributed by atoms with Crippen LogP contribution in [0.3, 0.4) is 0 Å². The van der Waals surface area contributed by atoms with E-state index >= 15 is 0 Å². The molecule has 1 aromatic rings.